The van der Waals surface area contributed by atoms with Crippen molar-refractivity contribution in [2.75, 3.05) is 6.54 Å². The highest BCUT2D eigenvalue weighted by Gasteiger charge is 2.33. The minimum Gasteiger partial charge on any atom is -0.355 e. The largest absolute Gasteiger partial charge is 0.355 e. The molecule has 1 unspecified atom stereocenters. The summed E-state index contributed by atoms with van der Waals surface area (Å²) in [6.07, 6.45) is 3.62. The fraction of sp³-hybridized carbons (Fsp3) is 0.207. The van der Waals surface area contributed by atoms with Crippen LogP contribution in [0.3, 0.4) is 0 Å². The Morgan fingerprint density at radius 1 is 1.05 bits per heavy atom. The van der Waals surface area contributed by atoms with Gasteiger partial charge in [0.15, 0.2) is 11.5 Å². The van der Waals surface area contributed by atoms with E-state index in [0.717, 1.165) is 46.0 Å². The fourth-order valence-electron chi connectivity index (χ4n) is 4.44. The number of carbonyl (C=O) groups excluding carboxylic acids is 1. The van der Waals surface area contributed by atoms with Gasteiger partial charge in [-0.25, -0.2) is 8.78 Å². The lowest BCUT2D eigenvalue weighted by Gasteiger charge is -2.29. The molecule has 39 heavy (non-hydrogen) atoms. The maximum absolute atomic E-state index is 14.2. The van der Waals surface area contributed by atoms with E-state index in [1.807, 2.05) is 64.3 Å². The summed E-state index contributed by atoms with van der Waals surface area (Å²) in [5.74, 6) is -2.02. The van der Waals surface area contributed by atoms with Crippen molar-refractivity contribution in [1.29, 1.82) is 0 Å². The summed E-state index contributed by atoms with van der Waals surface area (Å²) >= 11 is 0. The third-order valence-electron chi connectivity index (χ3n) is 6.70. The van der Waals surface area contributed by atoms with Crippen LogP contribution in [-0.2, 0) is 12.5 Å². The van der Waals surface area contributed by atoms with Crippen molar-refractivity contribution in [2.45, 2.75) is 26.2 Å². The minimum absolute atomic E-state index is 0.00468. The van der Waals surface area contributed by atoms with Gasteiger partial charge in [0.1, 0.15) is 11.6 Å². The lowest BCUT2D eigenvalue weighted by Crippen LogP contribution is -2.40. The number of rotatable bonds is 7. The standard InChI is InChI=1S/C29H26F2N6O2/c1-17-8-10-21(18(2)34-17)24-6-5-7-27(35-24)29(3,19-14-33-37(4)15-19)16-32-28(38)25-13-26(39-36-25)22-11-9-20(30)12-23(22)31/h5-15H,16H2,1-4H3,(H,32,38). The summed E-state index contributed by atoms with van der Waals surface area (Å²) in [6.45, 7) is 6.02. The molecule has 1 N–H and O–H groups in total. The number of nitrogens with zero attached hydrogens (tertiary/aromatic N) is 5. The van der Waals surface area contributed by atoms with Crippen LogP contribution in [0.15, 0.2) is 71.5 Å². The number of hydrogen-bond acceptors (Lipinski definition) is 6. The summed E-state index contributed by atoms with van der Waals surface area (Å²) in [5, 5.41) is 11.0. The van der Waals surface area contributed by atoms with Crippen LogP contribution < -0.4 is 5.32 Å². The second-order valence-electron chi connectivity index (χ2n) is 9.61. The van der Waals surface area contributed by atoms with Gasteiger partial charge in [0.25, 0.3) is 5.91 Å². The monoisotopic (exact) mass is 528 g/mol. The Balaban J connectivity index is 1.44. The highest BCUT2D eigenvalue weighted by atomic mass is 19.1. The Bertz CT molecular complexity index is 1680. The van der Waals surface area contributed by atoms with Gasteiger partial charge in [-0.15, -0.1) is 0 Å². The van der Waals surface area contributed by atoms with Crippen LogP contribution in [-0.4, -0.2) is 37.4 Å². The molecular weight excluding hydrogens is 502 g/mol. The Kier molecular flexibility index (Phi) is 6.78. The highest BCUT2D eigenvalue weighted by Crippen LogP contribution is 2.32. The first kappa shape index (κ1) is 25.9. The topological polar surface area (TPSA) is 98.7 Å². The SMILES string of the molecule is Cc1ccc(-c2cccc(C(C)(CNC(=O)c3cc(-c4ccc(F)cc4F)on3)c3cnn(C)c3)n2)c(C)n1. The lowest BCUT2D eigenvalue weighted by atomic mass is 9.80. The number of carbonyl (C=O) groups is 1. The number of aryl methyl sites for hydroxylation is 3. The van der Waals surface area contributed by atoms with E-state index in [1.165, 1.54) is 12.1 Å². The average molecular weight is 529 g/mol. The zero-order chi connectivity index (χ0) is 27.7. The van der Waals surface area contributed by atoms with Crippen molar-refractivity contribution in [3.05, 3.63) is 107 Å². The molecule has 0 saturated heterocycles. The molecule has 4 heterocycles. The van der Waals surface area contributed by atoms with E-state index in [-0.39, 0.29) is 23.6 Å². The maximum atomic E-state index is 14.2. The third-order valence-corrected chi connectivity index (χ3v) is 6.70. The van der Waals surface area contributed by atoms with Gasteiger partial charge in [-0.1, -0.05) is 11.2 Å². The number of hydrogen-bond donors (Lipinski definition) is 1. The van der Waals surface area contributed by atoms with E-state index in [2.05, 4.69) is 20.6 Å². The van der Waals surface area contributed by atoms with Crippen molar-refractivity contribution in [2.24, 2.45) is 7.05 Å². The molecule has 0 aliphatic rings. The summed E-state index contributed by atoms with van der Waals surface area (Å²) in [5.41, 5.74) is 4.26. The van der Waals surface area contributed by atoms with Gasteiger partial charge < -0.3 is 9.84 Å². The number of amides is 1. The van der Waals surface area contributed by atoms with Crippen molar-refractivity contribution in [1.82, 2.24) is 30.2 Å². The van der Waals surface area contributed by atoms with Gasteiger partial charge >= 0.3 is 0 Å². The third kappa shape index (κ3) is 5.18. The van der Waals surface area contributed by atoms with Crippen molar-refractivity contribution >= 4 is 5.91 Å². The van der Waals surface area contributed by atoms with Crippen molar-refractivity contribution in [3.63, 3.8) is 0 Å². The molecule has 5 aromatic rings. The fourth-order valence-corrected chi connectivity index (χ4v) is 4.44. The molecule has 1 amide bonds. The molecule has 0 bridgehead atoms. The molecule has 0 aliphatic carbocycles. The summed E-state index contributed by atoms with van der Waals surface area (Å²) in [6, 6.07) is 14.1. The van der Waals surface area contributed by atoms with Gasteiger partial charge in [-0.2, -0.15) is 5.10 Å². The van der Waals surface area contributed by atoms with Crippen LogP contribution >= 0.6 is 0 Å². The Hall–Kier alpha value is -4.73. The molecular formula is C29H26F2N6O2. The first-order valence-electron chi connectivity index (χ1n) is 12.3. The first-order valence-corrected chi connectivity index (χ1v) is 12.3. The Morgan fingerprint density at radius 2 is 1.85 bits per heavy atom. The molecule has 0 spiro atoms. The second kappa shape index (κ2) is 10.2. The summed E-state index contributed by atoms with van der Waals surface area (Å²) in [7, 11) is 1.82. The number of pyridine rings is 2. The van der Waals surface area contributed by atoms with E-state index in [1.54, 1.807) is 10.9 Å². The molecule has 10 heteroatoms. The molecule has 0 saturated carbocycles. The second-order valence-corrected chi connectivity index (χ2v) is 9.61. The number of benzene rings is 1. The Labute approximate surface area is 223 Å². The molecule has 0 aliphatic heterocycles. The number of aromatic nitrogens is 5. The van der Waals surface area contributed by atoms with Crippen LogP contribution in [0.2, 0.25) is 0 Å². The molecule has 8 nitrogen and oxygen atoms in total. The molecule has 0 fully saturated rings. The lowest BCUT2D eigenvalue weighted by molar-refractivity contribution is 0.0938. The van der Waals surface area contributed by atoms with E-state index in [4.69, 9.17) is 9.51 Å². The number of halogens is 2. The van der Waals surface area contributed by atoms with Gasteiger partial charge in [0, 0.05) is 54.4 Å². The van der Waals surface area contributed by atoms with Crippen LogP contribution in [0, 0.1) is 25.5 Å². The van der Waals surface area contributed by atoms with E-state index >= 15 is 0 Å². The summed E-state index contributed by atoms with van der Waals surface area (Å²) in [4.78, 5) is 22.6. The van der Waals surface area contributed by atoms with E-state index in [0.29, 0.717) is 0 Å². The zero-order valence-electron chi connectivity index (χ0n) is 21.9. The molecule has 4 aromatic heterocycles. The van der Waals surface area contributed by atoms with Crippen molar-refractivity contribution < 1.29 is 18.1 Å². The van der Waals surface area contributed by atoms with Gasteiger partial charge in [0.2, 0.25) is 0 Å². The number of nitrogens with one attached hydrogen (secondary N) is 1. The van der Waals surface area contributed by atoms with Crippen LogP contribution in [0.4, 0.5) is 8.78 Å². The molecule has 1 aromatic carbocycles. The minimum atomic E-state index is -0.813. The quantitative estimate of drug-likeness (QED) is 0.313. The predicted molar refractivity (Wildman–Crippen MR) is 141 cm³/mol. The molecule has 198 valence electrons. The normalized spacial score (nSPS) is 12.8. The zero-order valence-corrected chi connectivity index (χ0v) is 21.9. The van der Waals surface area contributed by atoms with Crippen LogP contribution in [0.5, 0.6) is 0 Å². The van der Waals surface area contributed by atoms with Gasteiger partial charge in [-0.05, 0) is 57.2 Å². The van der Waals surface area contributed by atoms with E-state index in [9.17, 15) is 13.6 Å². The molecule has 5 rings (SSSR count). The van der Waals surface area contributed by atoms with Gasteiger partial charge in [-0.3, -0.25) is 19.4 Å². The Morgan fingerprint density at radius 3 is 2.56 bits per heavy atom. The smallest absolute Gasteiger partial charge is 0.273 e. The highest BCUT2D eigenvalue weighted by molar-refractivity contribution is 5.93. The average Bonchev–Trinajstić information content (AvgIpc) is 3.57. The molecule has 1 atom stereocenters. The van der Waals surface area contributed by atoms with Crippen LogP contribution in [0.1, 0.15) is 40.1 Å². The summed E-state index contributed by atoms with van der Waals surface area (Å²) < 4.78 is 34.3. The van der Waals surface area contributed by atoms with Crippen LogP contribution in [0.25, 0.3) is 22.6 Å². The van der Waals surface area contributed by atoms with E-state index < -0.39 is 23.0 Å². The first-order chi connectivity index (χ1) is 18.6. The van der Waals surface area contributed by atoms with Gasteiger partial charge in [0.05, 0.1) is 28.6 Å². The maximum Gasteiger partial charge on any atom is 0.273 e. The molecule has 0 radical (unpaired) electrons. The predicted octanol–water partition coefficient (Wildman–Crippen LogP) is 5.16. The van der Waals surface area contributed by atoms with Crippen molar-refractivity contribution in [3.8, 4) is 22.6 Å².